The van der Waals surface area contributed by atoms with Gasteiger partial charge in [0.15, 0.2) is 0 Å². The zero-order valence-corrected chi connectivity index (χ0v) is 23.6. The van der Waals surface area contributed by atoms with E-state index >= 15 is 0 Å². The van der Waals surface area contributed by atoms with Crippen LogP contribution in [0.15, 0.2) is 48.5 Å². The topological polar surface area (TPSA) is 104 Å². The predicted molar refractivity (Wildman–Crippen MR) is 149 cm³/mol. The lowest BCUT2D eigenvalue weighted by Gasteiger charge is -2.23. The van der Waals surface area contributed by atoms with Crippen LogP contribution in [0.5, 0.6) is 0 Å². The summed E-state index contributed by atoms with van der Waals surface area (Å²) >= 11 is 3.51. The summed E-state index contributed by atoms with van der Waals surface area (Å²) in [6.45, 7) is 0.464. The number of halogens is 1. The summed E-state index contributed by atoms with van der Waals surface area (Å²) in [4.78, 5) is 51.7. The number of alkyl halides is 1. The fourth-order valence-electron chi connectivity index (χ4n) is 5.34. The molecular weight excluding hydrogens is 564 g/mol. The Hall–Kier alpha value is -2.88. The maximum absolute atomic E-state index is 12.1. The highest BCUT2D eigenvalue weighted by Gasteiger charge is 2.37. The highest BCUT2D eigenvalue weighted by molar-refractivity contribution is 9.09. The van der Waals surface area contributed by atoms with Crippen molar-refractivity contribution in [3.8, 4) is 0 Å². The van der Waals surface area contributed by atoms with Gasteiger partial charge in [-0.05, 0) is 61.8 Å². The highest BCUT2D eigenvalue weighted by atomic mass is 79.9. The number of hydroxylamine groups is 4. The number of benzene rings is 2. The smallest absolute Gasteiger partial charge is 0.278 e. The van der Waals surface area contributed by atoms with Crippen molar-refractivity contribution < 1.29 is 29.2 Å². The molecule has 2 aliphatic heterocycles. The van der Waals surface area contributed by atoms with Gasteiger partial charge in [0, 0.05) is 5.33 Å². The molecule has 39 heavy (non-hydrogen) atoms. The number of nitrogens with zero attached hydrogens (tertiary/aromatic N) is 2. The fraction of sp³-hybridized carbons (Fsp3) is 0.467. The number of amides is 4. The van der Waals surface area contributed by atoms with E-state index in [0.717, 1.165) is 23.8 Å². The number of carbonyl (C=O) groups excluding carboxylic acids is 4. The number of fused-ring (bicyclic) bond motifs is 2. The molecule has 0 spiro atoms. The number of rotatable bonds is 4. The van der Waals surface area contributed by atoms with Crippen LogP contribution in [0.25, 0.3) is 0 Å². The van der Waals surface area contributed by atoms with Crippen LogP contribution in [0.4, 0.5) is 0 Å². The summed E-state index contributed by atoms with van der Waals surface area (Å²) in [6, 6.07) is 13.1. The molecule has 0 bridgehead atoms. The highest BCUT2D eigenvalue weighted by Crippen LogP contribution is 2.27. The molecule has 2 heterocycles. The molecular formula is C30H35BrN2O6. The number of hydrogen-bond donors (Lipinski definition) is 1. The molecule has 2 aromatic carbocycles. The first-order valence-electron chi connectivity index (χ1n) is 13.8. The summed E-state index contributed by atoms with van der Waals surface area (Å²) in [6.07, 6.45) is 13.3. The molecule has 0 saturated heterocycles. The molecule has 0 unspecified atom stereocenters. The molecule has 1 N–H and O–H groups in total. The Balaban J connectivity index is 0.000000150. The van der Waals surface area contributed by atoms with E-state index in [2.05, 4.69) is 15.9 Å². The predicted octanol–water partition coefficient (Wildman–Crippen LogP) is 6.43. The number of hydrogen-bond acceptors (Lipinski definition) is 6. The van der Waals surface area contributed by atoms with Gasteiger partial charge in [0.25, 0.3) is 23.6 Å². The zero-order chi connectivity index (χ0) is 27.8. The van der Waals surface area contributed by atoms with Gasteiger partial charge in [-0.15, -0.1) is 10.1 Å². The second-order valence-corrected chi connectivity index (χ2v) is 11.0. The van der Waals surface area contributed by atoms with Crippen molar-refractivity contribution in [1.29, 1.82) is 0 Å². The Kier molecular flexibility index (Phi) is 10.4. The van der Waals surface area contributed by atoms with Crippen LogP contribution in [-0.4, -0.2) is 50.9 Å². The second kappa shape index (κ2) is 14.0. The van der Waals surface area contributed by atoms with E-state index in [1.165, 1.54) is 68.8 Å². The van der Waals surface area contributed by atoms with Crippen molar-refractivity contribution >= 4 is 39.6 Å². The third-order valence-electron chi connectivity index (χ3n) is 7.64. The first-order chi connectivity index (χ1) is 18.9. The van der Waals surface area contributed by atoms with Crippen LogP contribution in [0, 0.1) is 11.8 Å². The van der Waals surface area contributed by atoms with Gasteiger partial charge >= 0.3 is 0 Å². The van der Waals surface area contributed by atoms with Gasteiger partial charge in [-0.3, -0.25) is 29.2 Å². The van der Waals surface area contributed by atoms with Gasteiger partial charge < -0.3 is 0 Å². The second-order valence-electron chi connectivity index (χ2n) is 10.4. The third kappa shape index (κ3) is 7.01. The largest absolute Gasteiger partial charge is 0.285 e. The van der Waals surface area contributed by atoms with Gasteiger partial charge in [-0.25, -0.2) is 0 Å². The average molecular weight is 600 g/mol. The molecule has 4 amide bonds. The average Bonchev–Trinajstić information content (AvgIpc) is 3.37. The molecule has 0 aromatic heterocycles. The summed E-state index contributed by atoms with van der Waals surface area (Å²) < 4.78 is 0. The normalized spacial score (nSPS) is 19.2. The van der Waals surface area contributed by atoms with Crippen molar-refractivity contribution in [3.05, 3.63) is 70.8 Å². The molecule has 0 atom stereocenters. The Bertz CT molecular complexity index is 1120. The lowest BCUT2D eigenvalue weighted by molar-refractivity contribution is -0.106. The van der Waals surface area contributed by atoms with Gasteiger partial charge in [0.1, 0.15) is 0 Å². The molecule has 2 aliphatic carbocycles. The quantitative estimate of drug-likeness (QED) is 0.247. The first-order valence-corrected chi connectivity index (χ1v) is 14.9. The van der Waals surface area contributed by atoms with E-state index in [-0.39, 0.29) is 28.0 Å². The van der Waals surface area contributed by atoms with Crippen LogP contribution in [0.3, 0.4) is 0 Å². The van der Waals surface area contributed by atoms with Gasteiger partial charge in [-0.2, -0.15) is 0 Å². The maximum atomic E-state index is 12.1. The van der Waals surface area contributed by atoms with E-state index in [1.54, 1.807) is 36.4 Å². The van der Waals surface area contributed by atoms with Gasteiger partial charge in [0.2, 0.25) is 0 Å². The van der Waals surface area contributed by atoms with Crippen LogP contribution >= 0.6 is 15.9 Å². The lowest BCUT2D eigenvalue weighted by Crippen LogP contribution is -2.32. The van der Waals surface area contributed by atoms with Crippen molar-refractivity contribution in [1.82, 2.24) is 10.1 Å². The summed E-state index contributed by atoms with van der Waals surface area (Å²) in [5.74, 6) is -0.513. The number of carbonyl (C=O) groups is 4. The Morgan fingerprint density at radius 3 is 1.41 bits per heavy atom. The summed E-state index contributed by atoms with van der Waals surface area (Å²) in [5.41, 5.74) is 1.39. The monoisotopic (exact) mass is 598 g/mol. The van der Waals surface area contributed by atoms with E-state index in [9.17, 15) is 19.2 Å². The Morgan fingerprint density at radius 1 is 0.641 bits per heavy atom. The summed E-state index contributed by atoms with van der Waals surface area (Å²) in [5, 5.41) is 11.2. The first kappa shape index (κ1) is 29.1. The van der Waals surface area contributed by atoms with Crippen molar-refractivity contribution in [2.75, 3.05) is 11.9 Å². The summed E-state index contributed by atoms with van der Waals surface area (Å²) in [7, 11) is 0. The standard InChI is InChI=1S/C15H17NO3.C8H5NO3.C7H13Br/c17-14-12-8-4-5-9-13(12)15(18)16(14)19-10-11-6-2-1-3-7-11;10-7-5-3-1-2-4-6(5)8(11)9(7)12;8-6-7-4-2-1-3-5-7/h4-5,8-9,11H,1-3,6-7,10H2;1-4,12H;7H,1-6H2. The van der Waals surface area contributed by atoms with Crippen molar-refractivity contribution in [2.45, 2.75) is 64.2 Å². The molecule has 2 aromatic rings. The van der Waals surface area contributed by atoms with Crippen molar-refractivity contribution in [3.63, 3.8) is 0 Å². The lowest BCUT2D eigenvalue weighted by atomic mass is 9.90. The maximum Gasteiger partial charge on any atom is 0.285 e. The van der Waals surface area contributed by atoms with E-state index in [0.29, 0.717) is 23.7 Å². The van der Waals surface area contributed by atoms with Crippen LogP contribution in [0.1, 0.15) is 106 Å². The number of imide groups is 2. The van der Waals surface area contributed by atoms with Gasteiger partial charge in [-0.1, -0.05) is 78.7 Å². The zero-order valence-electron chi connectivity index (χ0n) is 22.0. The van der Waals surface area contributed by atoms with Crippen LogP contribution < -0.4 is 0 Å². The Labute approximate surface area is 237 Å². The van der Waals surface area contributed by atoms with Crippen molar-refractivity contribution in [2.24, 2.45) is 11.8 Å². The molecule has 0 radical (unpaired) electrons. The van der Waals surface area contributed by atoms with Crippen LogP contribution in [-0.2, 0) is 4.84 Å². The minimum atomic E-state index is -0.657. The molecule has 9 heteroatoms. The molecule has 8 nitrogen and oxygen atoms in total. The van der Waals surface area contributed by atoms with E-state index in [4.69, 9.17) is 10.0 Å². The van der Waals surface area contributed by atoms with Crippen LogP contribution in [0.2, 0.25) is 0 Å². The third-order valence-corrected chi connectivity index (χ3v) is 8.55. The van der Waals surface area contributed by atoms with E-state index in [1.807, 2.05) is 0 Å². The van der Waals surface area contributed by atoms with Gasteiger partial charge in [0.05, 0.1) is 28.9 Å². The molecule has 6 rings (SSSR count). The molecule has 208 valence electrons. The Morgan fingerprint density at radius 2 is 1.03 bits per heavy atom. The fourth-order valence-corrected chi connectivity index (χ4v) is 5.98. The minimum Gasteiger partial charge on any atom is -0.278 e. The SMILES string of the molecule is BrCC1CCCCC1.O=C1c2ccccc2C(=O)N1O.O=C1c2ccccc2C(=O)N1OCC1CCCCC1. The molecule has 4 aliphatic rings. The minimum absolute atomic E-state index is 0.130. The molecule has 2 fully saturated rings. The molecule has 2 saturated carbocycles. The van der Waals surface area contributed by atoms with E-state index < -0.39 is 11.8 Å².